The lowest BCUT2D eigenvalue weighted by atomic mass is 10.0. The van der Waals surface area contributed by atoms with E-state index in [1.54, 1.807) is 17.0 Å². The van der Waals surface area contributed by atoms with Crippen molar-refractivity contribution in [3.05, 3.63) is 70.2 Å². The second kappa shape index (κ2) is 8.44. The van der Waals surface area contributed by atoms with Crippen LogP contribution in [0.1, 0.15) is 36.7 Å². The van der Waals surface area contributed by atoms with Gasteiger partial charge in [-0.25, -0.2) is 9.89 Å². The molecule has 30 heavy (non-hydrogen) atoms. The van der Waals surface area contributed by atoms with Crippen LogP contribution in [0, 0.1) is 6.92 Å². The van der Waals surface area contributed by atoms with Crippen LogP contribution in [0.3, 0.4) is 0 Å². The van der Waals surface area contributed by atoms with Gasteiger partial charge in [0, 0.05) is 42.0 Å². The summed E-state index contributed by atoms with van der Waals surface area (Å²) in [5.74, 6) is 0.600. The van der Waals surface area contributed by atoms with Gasteiger partial charge in [-0.15, -0.1) is 5.10 Å². The molecule has 0 radical (unpaired) electrons. The molecule has 0 fully saturated rings. The van der Waals surface area contributed by atoms with Crippen molar-refractivity contribution >= 4 is 0 Å². The summed E-state index contributed by atoms with van der Waals surface area (Å²) in [7, 11) is 1.84. The molecule has 3 heterocycles. The smallest absolute Gasteiger partial charge is 0.299 e. The van der Waals surface area contributed by atoms with Crippen LogP contribution < -0.4 is 5.69 Å². The maximum absolute atomic E-state index is 12.7. The highest BCUT2D eigenvalue weighted by Crippen LogP contribution is 2.29. The molecule has 8 heteroatoms. The summed E-state index contributed by atoms with van der Waals surface area (Å²) in [5, 5.41) is 14.2. The van der Waals surface area contributed by atoms with Gasteiger partial charge in [0.25, 0.3) is 0 Å². The Morgan fingerprint density at radius 2 is 1.90 bits per heavy atom. The fraction of sp³-hybridized carbons (Fsp3) is 0.318. The number of tetrazole rings is 1. The normalized spacial score (nSPS) is 11.2. The molecular weight excluding hydrogens is 378 g/mol. The first kappa shape index (κ1) is 19.8. The van der Waals surface area contributed by atoms with E-state index < -0.39 is 0 Å². The highest BCUT2D eigenvalue weighted by atomic mass is 16.1. The molecule has 4 rings (SSSR count). The molecule has 0 saturated heterocycles. The average Bonchev–Trinajstić information content (AvgIpc) is 3.38. The third-order valence-corrected chi connectivity index (χ3v) is 5.56. The molecule has 0 aliphatic carbocycles. The van der Waals surface area contributed by atoms with Gasteiger partial charge >= 0.3 is 5.69 Å². The number of nitrogens with zero attached hydrogens (tertiary/aromatic N) is 6. The summed E-state index contributed by atoms with van der Waals surface area (Å²) in [6.45, 7) is 4.75. The number of benzene rings is 1. The van der Waals surface area contributed by atoms with Crippen LogP contribution in [0.2, 0.25) is 0 Å². The topological polar surface area (TPSA) is 94.3 Å². The Labute approximate surface area is 174 Å². The zero-order valence-corrected chi connectivity index (χ0v) is 17.5. The van der Waals surface area contributed by atoms with Gasteiger partial charge in [0.05, 0.1) is 6.54 Å². The van der Waals surface area contributed by atoms with Crippen molar-refractivity contribution in [2.24, 2.45) is 7.05 Å². The Hall–Kier alpha value is -3.55. The summed E-state index contributed by atoms with van der Waals surface area (Å²) in [6, 6.07) is 10.1. The fourth-order valence-corrected chi connectivity index (χ4v) is 3.73. The molecule has 1 aromatic carbocycles. The molecule has 0 spiro atoms. The van der Waals surface area contributed by atoms with Gasteiger partial charge in [-0.05, 0) is 47.4 Å². The van der Waals surface area contributed by atoms with E-state index in [1.807, 2.05) is 36.7 Å². The number of unbranched alkanes of at least 4 members (excludes halogenated alkanes) is 1. The van der Waals surface area contributed by atoms with Crippen molar-refractivity contribution in [1.82, 2.24) is 34.7 Å². The molecule has 1 N–H and O–H groups in total. The molecule has 0 bridgehead atoms. The molecule has 4 aromatic rings. The second-order valence-corrected chi connectivity index (χ2v) is 7.43. The first-order valence-corrected chi connectivity index (χ1v) is 10.1. The molecule has 154 valence electrons. The Morgan fingerprint density at radius 3 is 2.60 bits per heavy atom. The first-order chi connectivity index (χ1) is 14.6. The molecule has 3 aromatic heterocycles. The molecular formula is C22H25N7O. The zero-order chi connectivity index (χ0) is 21.1. The van der Waals surface area contributed by atoms with E-state index in [1.165, 1.54) is 0 Å². The minimum atomic E-state index is 0.0371. The van der Waals surface area contributed by atoms with Crippen molar-refractivity contribution in [3.8, 4) is 22.5 Å². The van der Waals surface area contributed by atoms with Crippen LogP contribution in [0.5, 0.6) is 0 Å². The number of aromatic amines is 1. The number of aromatic nitrogens is 7. The fourth-order valence-electron chi connectivity index (χ4n) is 3.73. The van der Waals surface area contributed by atoms with Gasteiger partial charge in [-0.3, -0.25) is 14.1 Å². The quantitative estimate of drug-likeness (QED) is 0.512. The van der Waals surface area contributed by atoms with E-state index in [0.717, 1.165) is 52.9 Å². The third-order valence-electron chi connectivity index (χ3n) is 5.56. The van der Waals surface area contributed by atoms with Gasteiger partial charge in [-0.2, -0.15) is 0 Å². The van der Waals surface area contributed by atoms with Crippen molar-refractivity contribution in [2.75, 3.05) is 0 Å². The summed E-state index contributed by atoms with van der Waals surface area (Å²) < 4.78 is 3.64. The number of nitrogens with one attached hydrogen (secondary N) is 1. The Bertz CT molecular complexity index is 1190. The lowest BCUT2D eigenvalue weighted by Crippen LogP contribution is -2.24. The van der Waals surface area contributed by atoms with Crippen LogP contribution in [0.25, 0.3) is 22.5 Å². The Morgan fingerprint density at radius 1 is 1.10 bits per heavy atom. The number of rotatable bonds is 7. The molecule has 0 aliphatic heterocycles. The molecule has 8 nitrogen and oxygen atoms in total. The minimum absolute atomic E-state index is 0.0371. The van der Waals surface area contributed by atoms with Gasteiger partial charge in [0.1, 0.15) is 0 Å². The van der Waals surface area contributed by atoms with Gasteiger partial charge in [0.15, 0.2) is 5.82 Å². The summed E-state index contributed by atoms with van der Waals surface area (Å²) in [5.41, 5.74) is 6.14. The number of imidazole rings is 1. The van der Waals surface area contributed by atoms with Crippen molar-refractivity contribution < 1.29 is 0 Å². The van der Waals surface area contributed by atoms with Crippen LogP contribution in [-0.4, -0.2) is 34.7 Å². The Kier molecular flexibility index (Phi) is 5.56. The second-order valence-electron chi connectivity index (χ2n) is 7.43. The van der Waals surface area contributed by atoms with Crippen LogP contribution in [-0.2, 0) is 20.0 Å². The van der Waals surface area contributed by atoms with Crippen molar-refractivity contribution in [2.45, 2.75) is 39.7 Å². The van der Waals surface area contributed by atoms with Gasteiger partial charge in [-0.1, -0.05) is 37.6 Å². The molecule has 0 amide bonds. The van der Waals surface area contributed by atoms with E-state index in [9.17, 15) is 4.79 Å². The molecule has 0 aliphatic rings. The van der Waals surface area contributed by atoms with Gasteiger partial charge in [0.2, 0.25) is 0 Å². The van der Waals surface area contributed by atoms with Crippen LogP contribution in [0.15, 0.2) is 47.5 Å². The minimum Gasteiger partial charge on any atom is -0.299 e. The van der Waals surface area contributed by atoms with Crippen LogP contribution in [0.4, 0.5) is 0 Å². The zero-order valence-electron chi connectivity index (χ0n) is 17.5. The first-order valence-electron chi connectivity index (χ1n) is 10.1. The lowest BCUT2D eigenvalue weighted by molar-refractivity contribution is 0.667. The predicted molar refractivity (Wildman–Crippen MR) is 115 cm³/mol. The number of H-pyrrole nitrogens is 1. The predicted octanol–water partition coefficient (Wildman–Crippen LogP) is 3.13. The SMILES string of the molecule is CCCCc1c(C)n(C)c(=O)n1Cc1ccc(-c2cnccc2-c2nnn[nH]2)cc1. The summed E-state index contributed by atoms with van der Waals surface area (Å²) in [4.78, 5) is 17.0. The summed E-state index contributed by atoms with van der Waals surface area (Å²) >= 11 is 0. The number of pyridine rings is 1. The maximum Gasteiger partial charge on any atom is 0.328 e. The lowest BCUT2D eigenvalue weighted by Gasteiger charge is -2.10. The molecule has 0 atom stereocenters. The average molecular weight is 403 g/mol. The molecule has 0 unspecified atom stereocenters. The Balaban J connectivity index is 1.64. The van der Waals surface area contributed by atoms with Crippen molar-refractivity contribution in [1.29, 1.82) is 0 Å². The van der Waals surface area contributed by atoms with E-state index in [2.05, 4.69) is 44.7 Å². The van der Waals surface area contributed by atoms with Crippen molar-refractivity contribution in [3.63, 3.8) is 0 Å². The highest BCUT2D eigenvalue weighted by Gasteiger charge is 2.15. The standard InChI is InChI=1S/C22H25N7O/c1-4-5-6-20-15(2)28(3)22(30)29(20)14-16-7-9-17(10-8-16)19-13-23-12-11-18(19)21-24-26-27-25-21/h7-13H,4-6,14H2,1-3H3,(H,24,25,26,27). The highest BCUT2D eigenvalue weighted by molar-refractivity contribution is 5.79. The van der Waals surface area contributed by atoms with E-state index in [-0.39, 0.29) is 5.69 Å². The number of hydrogen-bond donors (Lipinski definition) is 1. The van der Waals surface area contributed by atoms with E-state index in [0.29, 0.717) is 12.4 Å². The van der Waals surface area contributed by atoms with Crippen LogP contribution >= 0.6 is 0 Å². The maximum atomic E-state index is 12.7. The molecule has 0 saturated carbocycles. The van der Waals surface area contributed by atoms with Gasteiger partial charge < -0.3 is 0 Å². The van der Waals surface area contributed by atoms with E-state index in [4.69, 9.17) is 0 Å². The monoisotopic (exact) mass is 403 g/mol. The van der Waals surface area contributed by atoms with E-state index >= 15 is 0 Å². The largest absolute Gasteiger partial charge is 0.328 e. The third kappa shape index (κ3) is 3.68. The summed E-state index contributed by atoms with van der Waals surface area (Å²) in [6.07, 6.45) is 6.62. The number of hydrogen-bond acceptors (Lipinski definition) is 5.